The number of nitrogens with two attached hydrogens (primary N) is 1. The Morgan fingerprint density at radius 3 is 2.58 bits per heavy atom. The number of methoxy groups -OCH3 is 1. The van der Waals surface area contributed by atoms with E-state index in [1.165, 1.54) is 55.8 Å². The van der Waals surface area contributed by atoms with Gasteiger partial charge < -0.3 is 14.8 Å². The van der Waals surface area contributed by atoms with Crippen molar-refractivity contribution < 1.29 is 27.1 Å². The van der Waals surface area contributed by atoms with Gasteiger partial charge in [-0.1, -0.05) is 6.07 Å². The number of halogens is 1. The molecule has 1 aromatic heterocycles. The van der Waals surface area contributed by atoms with Crippen LogP contribution >= 0.6 is 0 Å². The Morgan fingerprint density at radius 2 is 1.94 bits per heavy atom. The van der Waals surface area contributed by atoms with Gasteiger partial charge in [0.15, 0.2) is 11.6 Å². The summed E-state index contributed by atoms with van der Waals surface area (Å²) in [6, 6.07) is 11.5. The third-order valence-electron chi connectivity index (χ3n) is 3.98. The van der Waals surface area contributed by atoms with Crippen LogP contribution in [0.3, 0.4) is 0 Å². The Labute approximate surface area is 178 Å². The highest BCUT2D eigenvalue weighted by atomic mass is 32.2. The van der Waals surface area contributed by atoms with Gasteiger partial charge in [-0.15, -0.1) is 0 Å². The predicted molar refractivity (Wildman–Crippen MR) is 113 cm³/mol. The van der Waals surface area contributed by atoms with Gasteiger partial charge in [-0.05, 0) is 54.1 Å². The number of aromatic nitrogens is 1. The number of benzene rings is 2. The number of amides is 1. The van der Waals surface area contributed by atoms with Crippen molar-refractivity contribution >= 4 is 27.7 Å². The highest BCUT2D eigenvalue weighted by Gasteiger charge is 2.16. The van der Waals surface area contributed by atoms with Gasteiger partial charge in [0.05, 0.1) is 13.3 Å². The number of hydrogen-bond donors (Lipinski definition) is 2. The summed E-state index contributed by atoms with van der Waals surface area (Å²) in [7, 11) is -2.74. The molecule has 0 fully saturated rings. The molecule has 160 valence electrons. The molecule has 31 heavy (non-hydrogen) atoms. The number of carbonyl (C=O) groups is 1. The second-order valence-corrected chi connectivity index (χ2v) is 7.74. The van der Waals surface area contributed by atoms with Crippen LogP contribution in [0.1, 0.15) is 5.56 Å². The smallest absolute Gasteiger partial charge is 0.248 e. The molecule has 2 aromatic carbocycles. The summed E-state index contributed by atoms with van der Waals surface area (Å²) >= 11 is 0. The highest BCUT2D eigenvalue weighted by Crippen LogP contribution is 2.27. The van der Waals surface area contributed by atoms with Crippen molar-refractivity contribution in [2.75, 3.05) is 12.4 Å². The zero-order chi connectivity index (χ0) is 22.4. The minimum atomic E-state index is -4.04. The number of carbonyl (C=O) groups excluding carboxylic acids is 1. The zero-order valence-corrected chi connectivity index (χ0v) is 17.1. The maximum Gasteiger partial charge on any atom is 0.248 e. The fraction of sp³-hybridized carbons (Fsp3) is 0.0476. The molecule has 10 heteroatoms. The number of hydrogen-bond acceptors (Lipinski definition) is 6. The number of ether oxygens (including phenoxy) is 2. The molecule has 0 radical (unpaired) electrons. The molecular weight excluding hydrogens is 425 g/mol. The van der Waals surface area contributed by atoms with Crippen LogP contribution in [0.4, 0.5) is 10.1 Å². The van der Waals surface area contributed by atoms with Crippen molar-refractivity contribution in [1.29, 1.82) is 0 Å². The van der Waals surface area contributed by atoms with Crippen molar-refractivity contribution in [2.45, 2.75) is 4.90 Å². The summed E-state index contributed by atoms with van der Waals surface area (Å²) in [6.45, 7) is 0. The van der Waals surface area contributed by atoms with Crippen LogP contribution in [0.2, 0.25) is 0 Å². The van der Waals surface area contributed by atoms with E-state index in [0.29, 0.717) is 11.3 Å². The first-order valence-electron chi connectivity index (χ1n) is 8.83. The van der Waals surface area contributed by atoms with Gasteiger partial charge in [0.25, 0.3) is 0 Å². The van der Waals surface area contributed by atoms with Crippen LogP contribution in [0.25, 0.3) is 6.08 Å². The Balaban J connectivity index is 1.69. The van der Waals surface area contributed by atoms with Gasteiger partial charge >= 0.3 is 0 Å². The summed E-state index contributed by atoms with van der Waals surface area (Å²) in [5.41, 5.74) is 0.622. The largest absolute Gasteiger partial charge is 0.495 e. The molecule has 0 spiro atoms. The topological polar surface area (TPSA) is 121 Å². The quantitative estimate of drug-likeness (QED) is 0.541. The molecule has 0 saturated carbocycles. The Morgan fingerprint density at radius 1 is 1.16 bits per heavy atom. The zero-order valence-electron chi connectivity index (χ0n) is 16.3. The lowest BCUT2D eigenvalue weighted by Crippen LogP contribution is -2.15. The number of nitrogens with zero attached hydrogens (tertiary/aromatic N) is 1. The Kier molecular flexibility index (Phi) is 6.63. The fourth-order valence-corrected chi connectivity index (χ4v) is 3.29. The molecule has 0 bridgehead atoms. The van der Waals surface area contributed by atoms with Crippen LogP contribution in [0.15, 0.2) is 71.9 Å². The lowest BCUT2D eigenvalue weighted by molar-refractivity contribution is -0.111. The van der Waals surface area contributed by atoms with Crippen LogP contribution < -0.4 is 19.9 Å². The van der Waals surface area contributed by atoms with Crippen molar-refractivity contribution in [3.63, 3.8) is 0 Å². The first-order valence-corrected chi connectivity index (χ1v) is 10.4. The molecule has 0 aliphatic rings. The van der Waals surface area contributed by atoms with Crippen LogP contribution in [-0.4, -0.2) is 26.4 Å². The third-order valence-corrected chi connectivity index (χ3v) is 4.92. The molecule has 0 atom stereocenters. The minimum Gasteiger partial charge on any atom is -0.495 e. The van der Waals surface area contributed by atoms with E-state index in [1.807, 2.05) is 0 Å². The summed E-state index contributed by atoms with van der Waals surface area (Å²) < 4.78 is 48.0. The number of pyridine rings is 1. The second-order valence-electron chi connectivity index (χ2n) is 6.21. The first kappa shape index (κ1) is 21.9. The predicted octanol–water partition coefficient (Wildman–Crippen LogP) is 3.32. The average Bonchev–Trinajstić information content (AvgIpc) is 2.74. The van der Waals surface area contributed by atoms with Crippen molar-refractivity contribution in [1.82, 2.24) is 4.98 Å². The standard InChI is InChI=1S/C21H18FN3O5S/c1-29-19-8-6-15(12-20(19)31(23,27)28)25-21(26)9-5-14-4-7-18(17(22)11-14)30-16-3-2-10-24-13-16/h2-13H,1H3,(H,25,26)(H2,23,27,28)/b9-5+. The number of sulfonamides is 1. The Hall–Kier alpha value is -3.76. The Bertz CT molecular complexity index is 1230. The maximum atomic E-state index is 14.3. The molecule has 1 heterocycles. The lowest BCUT2D eigenvalue weighted by Gasteiger charge is -2.09. The van der Waals surface area contributed by atoms with Crippen molar-refractivity contribution in [2.24, 2.45) is 5.14 Å². The monoisotopic (exact) mass is 443 g/mol. The maximum absolute atomic E-state index is 14.3. The first-order chi connectivity index (χ1) is 14.8. The molecular formula is C21H18FN3O5S. The van der Waals surface area contributed by atoms with Gasteiger partial charge in [-0.2, -0.15) is 0 Å². The fourth-order valence-electron chi connectivity index (χ4n) is 2.57. The van der Waals surface area contributed by atoms with Crippen LogP contribution in [0.5, 0.6) is 17.2 Å². The van der Waals surface area contributed by atoms with Crippen molar-refractivity contribution in [3.05, 3.63) is 78.4 Å². The van der Waals surface area contributed by atoms with E-state index in [1.54, 1.807) is 24.4 Å². The van der Waals surface area contributed by atoms with Gasteiger partial charge in [-0.25, -0.2) is 17.9 Å². The van der Waals surface area contributed by atoms with Gasteiger partial charge in [-0.3, -0.25) is 9.78 Å². The molecule has 0 unspecified atom stereocenters. The van der Waals surface area contributed by atoms with E-state index < -0.39 is 21.7 Å². The van der Waals surface area contributed by atoms with E-state index in [2.05, 4.69) is 10.3 Å². The molecule has 8 nitrogen and oxygen atoms in total. The normalized spacial score (nSPS) is 11.3. The van der Waals surface area contributed by atoms with Gasteiger partial charge in [0.2, 0.25) is 15.9 Å². The molecule has 3 N–H and O–H groups in total. The van der Waals surface area contributed by atoms with Crippen molar-refractivity contribution in [3.8, 4) is 17.2 Å². The van der Waals surface area contributed by atoms with E-state index in [-0.39, 0.29) is 22.1 Å². The minimum absolute atomic E-state index is 0.0170. The lowest BCUT2D eigenvalue weighted by atomic mass is 10.2. The summed E-state index contributed by atoms with van der Waals surface area (Å²) in [6.07, 6.45) is 5.61. The summed E-state index contributed by atoms with van der Waals surface area (Å²) in [5, 5.41) is 7.67. The summed E-state index contributed by atoms with van der Waals surface area (Å²) in [4.78, 5) is 15.8. The molecule has 1 amide bonds. The highest BCUT2D eigenvalue weighted by molar-refractivity contribution is 7.89. The molecule has 3 rings (SSSR count). The SMILES string of the molecule is COc1ccc(NC(=O)/C=C/c2ccc(Oc3cccnc3)c(F)c2)cc1S(N)(=O)=O. The van der Waals surface area contributed by atoms with Crippen LogP contribution in [0, 0.1) is 5.82 Å². The summed E-state index contributed by atoms with van der Waals surface area (Å²) in [5.74, 6) is -0.702. The van der Waals surface area contributed by atoms with Gasteiger partial charge in [0, 0.05) is 18.0 Å². The van der Waals surface area contributed by atoms with E-state index in [9.17, 15) is 17.6 Å². The molecule has 0 aliphatic carbocycles. The van der Waals surface area contributed by atoms with Crippen LogP contribution in [-0.2, 0) is 14.8 Å². The number of nitrogens with one attached hydrogen (secondary N) is 1. The van der Waals surface area contributed by atoms with E-state index >= 15 is 0 Å². The van der Waals surface area contributed by atoms with E-state index in [4.69, 9.17) is 14.6 Å². The van der Waals surface area contributed by atoms with E-state index in [0.717, 1.165) is 0 Å². The number of primary sulfonamides is 1. The molecule has 3 aromatic rings. The van der Waals surface area contributed by atoms with Gasteiger partial charge in [0.1, 0.15) is 16.4 Å². The number of anilines is 1. The third kappa shape index (κ3) is 5.87. The second kappa shape index (κ2) is 9.37. The number of rotatable bonds is 7. The molecule has 0 aliphatic heterocycles. The average molecular weight is 443 g/mol. The molecule has 0 saturated heterocycles.